The van der Waals surface area contributed by atoms with E-state index in [1.807, 2.05) is 0 Å². The standard InChI is InChI=1S/C27H33N3O4S2.C25H29N3O6S3/c1-3-6-20-7-4-9-23(17-20)29-22-13-15-30(16-14-22)36(32,33)26-12-11-25(35-26)19-28-27(31)21-8-5-10-24(18-21)34-2;1-34-21-7-3-5-18(15-21)25(29)26-17-22-9-10-24(35-22)37(32,33)28-13-11-19(12-14-28)27-20-6-4-8-23(16-20)36(2,30)31/h4-5,7-12,17-18,22,29H,3,6,13-16,19H2,1-2H3,(H,28,31);3-10,15-16,19,27H,11-14,17H2,1-2H3,(H,26,29). The van der Waals surface area contributed by atoms with Gasteiger partial charge in [0.2, 0.25) is 0 Å². The molecule has 21 heteroatoms. The lowest BCUT2D eigenvalue weighted by Gasteiger charge is -2.31. The molecule has 16 nitrogen and oxygen atoms in total. The van der Waals surface area contributed by atoms with Gasteiger partial charge < -0.3 is 30.7 Å². The first-order valence-corrected chi connectivity index (χ1v) is 30.3. The van der Waals surface area contributed by atoms with E-state index < -0.39 is 29.9 Å². The lowest BCUT2D eigenvalue weighted by molar-refractivity contribution is 0.0943. The summed E-state index contributed by atoms with van der Waals surface area (Å²) in [6.45, 7) is 4.32. The minimum atomic E-state index is -3.65. The van der Waals surface area contributed by atoms with Crippen molar-refractivity contribution in [2.45, 2.75) is 83.9 Å². The average Bonchev–Trinajstić information content (AvgIpc) is 4.10. The molecule has 0 saturated carbocycles. The van der Waals surface area contributed by atoms with E-state index in [0.717, 1.165) is 52.5 Å². The maximum atomic E-state index is 13.2. The van der Waals surface area contributed by atoms with Gasteiger partial charge in [0.05, 0.1) is 32.2 Å². The maximum absolute atomic E-state index is 13.2. The zero-order valence-corrected chi connectivity index (χ0v) is 45.3. The van der Waals surface area contributed by atoms with Crippen LogP contribution in [0.3, 0.4) is 0 Å². The number of hydrogen-bond acceptors (Lipinski definition) is 14. The molecule has 2 aliphatic rings. The summed E-state index contributed by atoms with van der Waals surface area (Å²) in [6.07, 6.45) is 6.03. The average molecular weight is 1090 g/mol. The number of piperidine rings is 2. The second-order valence-electron chi connectivity index (χ2n) is 17.7. The normalized spacial score (nSPS) is 15.1. The van der Waals surface area contributed by atoms with Crippen molar-refractivity contribution in [2.75, 3.05) is 57.3 Å². The number of carbonyl (C=O) groups is 2. The number of methoxy groups -OCH3 is 2. The first-order chi connectivity index (χ1) is 34.9. The summed E-state index contributed by atoms with van der Waals surface area (Å²) in [4.78, 5) is 26.7. The number of ether oxygens (including phenoxy) is 2. The van der Waals surface area contributed by atoms with E-state index in [1.54, 1.807) is 108 Å². The molecule has 6 aromatic rings. The molecule has 0 unspecified atom stereocenters. The molecule has 0 aliphatic carbocycles. The van der Waals surface area contributed by atoms with E-state index in [1.165, 1.54) is 34.6 Å². The number of hydrogen-bond donors (Lipinski definition) is 4. The minimum Gasteiger partial charge on any atom is -0.497 e. The predicted molar refractivity (Wildman–Crippen MR) is 288 cm³/mol. The van der Waals surface area contributed by atoms with Gasteiger partial charge in [-0.25, -0.2) is 25.3 Å². The molecule has 2 aliphatic heterocycles. The van der Waals surface area contributed by atoms with Crippen molar-refractivity contribution >= 4 is 75.7 Å². The molecule has 2 fully saturated rings. The van der Waals surface area contributed by atoms with E-state index in [9.17, 15) is 34.8 Å². The number of sulfone groups is 1. The van der Waals surface area contributed by atoms with Gasteiger partial charge in [0.1, 0.15) is 19.9 Å². The molecule has 2 amide bonds. The molecule has 0 bridgehead atoms. The molecule has 4 N–H and O–H groups in total. The quantitative estimate of drug-likeness (QED) is 0.0605. The first-order valence-electron chi connectivity index (χ1n) is 23.9. The van der Waals surface area contributed by atoms with Crippen LogP contribution in [-0.2, 0) is 49.4 Å². The van der Waals surface area contributed by atoms with E-state index in [0.29, 0.717) is 71.5 Å². The number of aryl methyl sites for hydroxylation is 1. The third-order valence-corrected chi connectivity index (χ3v) is 20.4. The van der Waals surface area contributed by atoms with Gasteiger partial charge in [-0.2, -0.15) is 8.61 Å². The number of thiophene rings is 2. The summed E-state index contributed by atoms with van der Waals surface area (Å²) in [5, 5.41) is 12.6. The first kappa shape index (κ1) is 55.0. The summed E-state index contributed by atoms with van der Waals surface area (Å²) >= 11 is 2.35. The van der Waals surface area contributed by atoms with Crippen LogP contribution in [0.1, 0.15) is 75.1 Å². The van der Waals surface area contributed by atoms with Crippen molar-refractivity contribution in [3.8, 4) is 11.5 Å². The van der Waals surface area contributed by atoms with Gasteiger partial charge in [-0.1, -0.05) is 43.7 Å². The van der Waals surface area contributed by atoms with E-state index in [2.05, 4.69) is 52.5 Å². The summed E-state index contributed by atoms with van der Waals surface area (Å²) in [5.41, 5.74) is 4.07. The van der Waals surface area contributed by atoms with Crippen molar-refractivity contribution in [2.24, 2.45) is 0 Å². The fourth-order valence-corrected chi connectivity index (χ4v) is 14.9. The summed E-state index contributed by atoms with van der Waals surface area (Å²) < 4.78 is 90.4. The maximum Gasteiger partial charge on any atom is 0.252 e. The van der Waals surface area contributed by atoms with Crippen molar-refractivity contribution < 1.29 is 44.3 Å². The van der Waals surface area contributed by atoms with Crippen molar-refractivity contribution in [3.05, 3.63) is 148 Å². The molecule has 8 rings (SSSR count). The topological polar surface area (TPSA) is 210 Å². The van der Waals surface area contributed by atoms with Crippen LogP contribution in [0.2, 0.25) is 0 Å². The van der Waals surface area contributed by atoms with Gasteiger partial charge in [-0.3, -0.25) is 9.59 Å². The molecule has 2 saturated heterocycles. The Bertz CT molecular complexity index is 3180. The van der Waals surface area contributed by atoms with Crippen molar-refractivity contribution in [1.82, 2.24) is 19.2 Å². The highest BCUT2D eigenvalue weighted by Gasteiger charge is 2.32. The highest BCUT2D eigenvalue weighted by molar-refractivity contribution is 7.91. The smallest absolute Gasteiger partial charge is 0.252 e. The molecule has 4 heterocycles. The number of sulfonamides is 2. The predicted octanol–water partition coefficient (Wildman–Crippen LogP) is 8.26. The molecule has 2 aromatic heterocycles. The number of amides is 2. The highest BCUT2D eigenvalue weighted by atomic mass is 32.3. The van der Waals surface area contributed by atoms with Crippen molar-refractivity contribution in [1.29, 1.82) is 0 Å². The molecule has 0 atom stereocenters. The van der Waals surface area contributed by atoms with E-state index in [-0.39, 0.29) is 46.1 Å². The Balaban J connectivity index is 0.000000214. The monoisotopic (exact) mass is 1090 g/mol. The van der Waals surface area contributed by atoms with Gasteiger partial charge in [0.25, 0.3) is 31.9 Å². The molecule has 0 radical (unpaired) electrons. The van der Waals surface area contributed by atoms with Crippen LogP contribution in [0.4, 0.5) is 11.4 Å². The van der Waals surface area contributed by atoms with E-state index >= 15 is 0 Å². The molecule has 390 valence electrons. The fraction of sp³-hybridized carbons (Fsp3) is 0.346. The summed E-state index contributed by atoms with van der Waals surface area (Å²) in [6, 6.07) is 35.8. The van der Waals surface area contributed by atoms with Gasteiger partial charge in [0.15, 0.2) is 9.84 Å². The lowest BCUT2D eigenvalue weighted by Crippen LogP contribution is -2.42. The lowest BCUT2D eigenvalue weighted by atomic mass is 10.1. The van der Waals surface area contributed by atoms with Crippen LogP contribution in [-0.4, -0.2) is 104 Å². The number of nitrogens with one attached hydrogen (secondary N) is 4. The third-order valence-electron chi connectivity index (χ3n) is 12.3. The van der Waals surface area contributed by atoms with E-state index in [4.69, 9.17) is 9.47 Å². The largest absolute Gasteiger partial charge is 0.497 e. The Morgan fingerprint density at radius 1 is 0.575 bits per heavy atom. The molecular formula is C52H62N6O10S5. The Morgan fingerprint density at radius 2 is 1.01 bits per heavy atom. The number of benzene rings is 4. The SMILES string of the molecule is CCCc1cccc(NC2CCN(S(=O)(=O)c3ccc(CNC(=O)c4cccc(OC)c4)s3)CC2)c1.COc1cccc(C(=O)NCc2ccc(S(=O)(=O)N3CCC(Nc4cccc(S(C)(=O)=O)c4)CC3)s2)c1. The van der Waals surface area contributed by atoms with Crippen LogP contribution >= 0.6 is 22.7 Å². The Morgan fingerprint density at radius 3 is 1.45 bits per heavy atom. The zero-order valence-electron chi connectivity index (χ0n) is 41.2. The summed E-state index contributed by atoms with van der Waals surface area (Å²) in [5.74, 6) is 0.685. The second kappa shape index (κ2) is 24.9. The fourth-order valence-electron chi connectivity index (χ4n) is 8.38. The Labute approximate surface area is 437 Å². The third kappa shape index (κ3) is 14.9. The Hall–Kier alpha value is -5.81. The van der Waals surface area contributed by atoms with Crippen molar-refractivity contribution in [3.63, 3.8) is 0 Å². The van der Waals surface area contributed by atoms with Crippen LogP contribution in [0.25, 0.3) is 0 Å². The number of anilines is 2. The summed E-state index contributed by atoms with van der Waals surface area (Å²) in [7, 11) is -7.43. The number of nitrogens with zero attached hydrogens (tertiary/aromatic N) is 2. The molecule has 4 aromatic carbocycles. The molecule has 73 heavy (non-hydrogen) atoms. The highest BCUT2D eigenvalue weighted by Crippen LogP contribution is 2.30. The van der Waals surface area contributed by atoms with Gasteiger partial charge in [-0.05, 0) is 129 Å². The molecular weight excluding hydrogens is 1030 g/mol. The van der Waals surface area contributed by atoms with Gasteiger partial charge in [0, 0.05) is 76.8 Å². The van der Waals surface area contributed by atoms with Crippen LogP contribution in [0.15, 0.2) is 135 Å². The zero-order chi connectivity index (χ0) is 52.2. The van der Waals surface area contributed by atoms with Crippen LogP contribution in [0.5, 0.6) is 11.5 Å². The van der Waals surface area contributed by atoms with Crippen LogP contribution in [0, 0.1) is 0 Å². The van der Waals surface area contributed by atoms with Gasteiger partial charge >= 0.3 is 0 Å². The number of carbonyl (C=O) groups excluding carboxylic acids is 2. The minimum absolute atomic E-state index is 0.0342. The van der Waals surface area contributed by atoms with Gasteiger partial charge in [-0.15, -0.1) is 22.7 Å². The number of rotatable bonds is 19. The Kier molecular flexibility index (Phi) is 18.8. The molecule has 0 spiro atoms. The van der Waals surface area contributed by atoms with Crippen LogP contribution < -0.4 is 30.7 Å². The second-order valence-corrected chi connectivity index (χ2v) is 26.3.